The van der Waals surface area contributed by atoms with Crippen molar-refractivity contribution >= 4 is 34.4 Å². The largest absolute Gasteiger partial charge is 0.444 e. The number of hydrogen-bond acceptors (Lipinski definition) is 4. The van der Waals surface area contributed by atoms with Gasteiger partial charge in [-0.05, 0) is 62.4 Å². The lowest BCUT2D eigenvalue weighted by Gasteiger charge is -2.35. The summed E-state index contributed by atoms with van der Waals surface area (Å²) in [6.45, 7) is 7.44. The number of rotatable bonds is 4. The van der Waals surface area contributed by atoms with Crippen molar-refractivity contribution < 1.29 is 19.1 Å². The fraction of sp³-hybridized carbons (Fsp3) is 0.519. The molecule has 182 valence electrons. The molecule has 0 spiro atoms. The molecule has 2 aromatic rings. The van der Waals surface area contributed by atoms with Crippen LogP contribution in [-0.2, 0) is 9.53 Å². The number of carbonyl (C=O) groups is 3. The Balaban J connectivity index is 1.48. The van der Waals surface area contributed by atoms with Crippen molar-refractivity contribution in [2.75, 3.05) is 31.5 Å². The number of anilines is 1. The van der Waals surface area contributed by atoms with Crippen molar-refractivity contribution in [2.45, 2.75) is 58.5 Å². The van der Waals surface area contributed by atoms with E-state index in [1.807, 2.05) is 41.3 Å². The van der Waals surface area contributed by atoms with Crippen LogP contribution in [-0.4, -0.2) is 59.5 Å². The summed E-state index contributed by atoms with van der Waals surface area (Å²) >= 11 is 0. The minimum absolute atomic E-state index is 0.153. The van der Waals surface area contributed by atoms with Crippen LogP contribution in [0.2, 0.25) is 0 Å². The highest BCUT2D eigenvalue weighted by Gasteiger charge is 2.29. The molecule has 0 atom stereocenters. The first-order valence-electron chi connectivity index (χ1n) is 12.3. The third-order valence-electron chi connectivity index (χ3n) is 6.61. The first-order valence-corrected chi connectivity index (χ1v) is 12.3. The molecule has 1 saturated carbocycles. The lowest BCUT2D eigenvalue weighted by Crippen LogP contribution is -2.51. The molecule has 0 bridgehead atoms. The standard InChI is InChI=1S/C27H35N3O4/c1-27(2,3)34-26(33)28-23-18-21-11-7-6-10-20(21)17-22(23)25(32)30-14-12-29(13-15-30)24(31)16-19-8-4-5-9-19/h6-7,10-11,17-19H,4-5,8-9,12-16H2,1-3H3,(H,28,33). The zero-order chi connectivity index (χ0) is 24.3. The van der Waals surface area contributed by atoms with Crippen LogP contribution in [0.25, 0.3) is 10.8 Å². The van der Waals surface area contributed by atoms with Crippen LogP contribution in [0.3, 0.4) is 0 Å². The van der Waals surface area contributed by atoms with Crippen molar-refractivity contribution in [2.24, 2.45) is 5.92 Å². The first kappa shape index (κ1) is 24.0. The van der Waals surface area contributed by atoms with E-state index in [1.54, 1.807) is 25.7 Å². The van der Waals surface area contributed by atoms with Gasteiger partial charge in [-0.25, -0.2) is 4.79 Å². The second-order valence-electron chi connectivity index (χ2n) is 10.4. The highest BCUT2D eigenvalue weighted by atomic mass is 16.6. The molecule has 1 N–H and O–H groups in total. The molecule has 7 heteroatoms. The highest BCUT2D eigenvalue weighted by molar-refractivity contribution is 6.07. The fourth-order valence-corrected chi connectivity index (χ4v) is 4.85. The predicted octanol–water partition coefficient (Wildman–Crippen LogP) is 5.05. The van der Waals surface area contributed by atoms with Gasteiger partial charge in [0.2, 0.25) is 5.91 Å². The molecule has 7 nitrogen and oxygen atoms in total. The number of nitrogens with one attached hydrogen (secondary N) is 1. The van der Waals surface area contributed by atoms with Crippen molar-refractivity contribution in [3.8, 4) is 0 Å². The first-order chi connectivity index (χ1) is 16.2. The number of ether oxygens (including phenoxy) is 1. The van der Waals surface area contributed by atoms with Crippen LogP contribution in [0.4, 0.5) is 10.5 Å². The van der Waals surface area contributed by atoms with Crippen LogP contribution >= 0.6 is 0 Å². The number of carbonyl (C=O) groups excluding carboxylic acids is 3. The predicted molar refractivity (Wildman–Crippen MR) is 133 cm³/mol. The molecule has 1 aliphatic carbocycles. The maximum atomic E-state index is 13.5. The molecule has 0 unspecified atom stereocenters. The van der Waals surface area contributed by atoms with Crippen LogP contribution < -0.4 is 5.32 Å². The van der Waals surface area contributed by atoms with Gasteiger partial charge in [0.25, 0.3) is 5.91 Å². The Morgan fingerprint density at radius 3 is 2.15 bits per heavy atom. The van der Waals surface area contributed by atoms with Gasteiger partial charge < -0.3 is 14.5 Å². The monoisotopic (exact) mass is 465 g/mol. The Morgan fingerprint density at radius 1 is 0.941 bits per heavy atom. The number of benzene rings is 2. The highest BCUT2D eigenvalue weighted by Crippen LogP contribution is 2.29. The van der Waals surface area contributed by atoms with Gasteiger partial charge in [-0.3, -0.25) is 14.9 Å². The summed E-state index contributed by atoms with van der Waals surface area (Å²) in [5, 5.41) is 4.62. The van der Waals surface area contributed by atoms with E-state index in [0.29, 0.717) is 49.8 Å². The van der Waals surface area contributed by atoms with Gasteiger partial charge >= 0.3 is 6.09 Å². The molecule has 0 radical (unpaired) electrons. The minimum atomic E-state index is -0.646. The van der Waals surface area contributed by atoms with Gasteiger partial charge in [0.1, 0.15) is 5.60 Å². The van der Waals surface area contributed by atoms with Crippen LogP contribution in [0, 0.1) is 5.92 Å². The average molecular weight is 466 g/mol. The Bertz CT molecular complexity index is 1060. The molecule has 34 heavy (non-hydrogen) atoms. The topological polar surface area (TPSA) is 79.0 Å². The van der Waals surface area contributed by atoms with Gasteiger partial charge in [0.15, 0.2) is 0 Å². The Kier molecular flexibility index (Phi) is 7.10. The van der Waals surface area contributed by atoms with Crippen LogP contribution in [0.5, 0.6) is 0 Å². The van der Waals surface area contributed by atoms with E-state index in [9.17, 15) is 14.4 Å². The average Bonchev–Trinajstić information content (AvgIpc) is 3.30. The molecule has 2 aromatic carbocycles. The van der Waals surface area contributed by atoms with Crippen molar-refractivity contribution in [3.05, 3.63) is 42.0 Å². The summed E-state index contributed by atoms with van der Waals surface area (Å²) in [6.07, 6.45) is 4.79. The van der Waals surface area contributed by atoms with E-state index in [2.05, 4.69) is 5.32 Å². The van der Waals surface area contributed by atoms with E-state index in [-0.39, 0.29) is 11.8 Å². The molecular formula is C27H35N3O4. The summed E-state index contributed by atoms with van der Waals surface area (Å²) < 4.78 is 5.41. The van der Waals surface area contributed by atoms with E-state index in [1.165, 1.54) is 12.8 Å². The third-order valence-corrected chi connectivity index (χ3v) is 6.61. The lowest BCUT2D eigenvalue weighted by atomic mass is 10.0. The third kappa shape index (κ3) is 5.88. The summed E-state index contributed by atoms with van der Waals surface area (Å²) in [5.74, 6) is 0.572. The number of piperazine rings is 1. The smallest absolute Gasteiger partial charge is 0.412 e. The SMILES string of the molecule is CC(C)(C)OC(=O)Nc1cc2ccccc2cc1C(=O)N1CCN(C(=O)CC2CCCC2)CC1. The fourth-order valence-electron chi connectivity index (χ4n) is 4.85. The molecule has 1 saturated heterocycles. The molecule has 0 aromatic heterocycles. The summed E-state index contributed by atoms with van der Waals surface area (Å²) in [7, 11) is 0. The van der Waals surface area contributed by atoms with Gasteiger partial charge in [0.05, 0.1) is 11.3 Å². The Hall–Kier alpha value is -3.09. The number of hydrogen-bond donors (Lipinski definition) is 1. The van der Waals surface area contributed by atoms with Gasteiger partial charge in [-0.1, -0.05) is 37.1 Å². The van der Waals surface area contributed by atoms with E-state index < -0.39 is 11.7 Å². The maximum Gasteiger partial charge on any atom is 0.412 e. The van der Waals surface area contributed by atoms with Crippen LogP contribution in [0.1, 0.15) is 63.2 Å². The molecule has 2 fully saturated rings. The molecule has 2 aliphatic rings. The van der Waals surface area contributed by atoms with E-state index in [4.69, 9.17) is 4.74 Å². The Morgan fingerprint density at radius 2 is 1.53 bits per heavy atom. The summed E-state index contributed by atoms with van der Waals surface area (Å²) in [4.78, 5) is 42.3. The normalized spacial score (nSPS) is 17.1. The summed E-state index contributed by atoms with van der Waals surface area (Å²) in [5.41, 5.74) is 0.208. The molecule has 4 rings (SSSR count). The molecule has 1 aliphatic heterocycles. The minimum Gasteiger partial charge on any atom is -0.444 e. The van der Waals surface area contributed by atoms with Gasteiger partial charge in [0, 0.05) is 32.6 Å². The van der Waals surface area contributed by atoms with Gasteiger partial charge in [-0.15, -0.1) is 0 Å². The quantitative estimate of drug-likeness (QED) is 0.685. The lowest BCUT2D eigenvalue weighted by molar-refractivity contribution is -0.133. The van der Waals surface area contributed by atoms with Crippen molar-refractivity contribution in [3.63, 3.8) is 0 Å². The number of fused-ring (bicyclic) bond motifs is 1. The van der Waals surface area contributed by atoms with Crippen LogP contribution in [0.15, 0.2) is 36.4 Å². The second-order valence-corrected chi connectivity index (χ2v) is 10.4. The van der Waals surface area contributed by atoms with E-state index in [0.717, 1.165) is 23.6 Å². The summed E-state index contributed by atoms with van der Waals surface area (Å²) in [6, 6.07) is 11.4. The molecule has 3 amide bonds. The molecule has 1 heterocycles. The number of amides is 3. The van der Waals surface area contributed by atoms with Crippen molar-refractivity contribution in [1.29, 1.82) is 0 Å². The zero-order valence-corrected chi connectivity index (χ0v) is 20.4. The van der Waals surface area contributed by atoms with Crippen molar-refractivity contribution in [1.82, 2.24) is 9.80 Å². The maximum absolute atomic E-state index is 13.5. The zero-order valence-electron chi connectivity index (χ0n) is 20.4. The number of nitrogens with zero attached hydrogens (tertiary/aromatic N) is 2. The van der Waals surface area contributed by atoms with Gasteiger partial charge in [-0.2, -0.15) is 0 Å². The Labute approximate surface area is 201 Å². The molecular weight excluding hydrogens is 430 g/mol. The second kappa shape index (κ2) is 10.0. The van der Waals surface area contributed by atoms with E-state index >= 15 is 0 Å².